The van der Waals surface area contributed by atoms with E-state index in [1.54, 1.807) is 39.5 Å². The van der Waals surface area contributed by atoms with Crippen molar-refractivity contribution in [1.29, 1.82) is 0 Å². The summed E-state index contributed by atoms with van der Waals surface area (Å²) in [6, 6.07) is 13.7. The fraction of sp³-hybridized carbons (Fsp3) is 0.360. The Labute approximate surface area is 201 Å². The Bertz CT molecular complexity index is 936. The molecule has 8 heteroatoms. The number of nitrogens with one attached hydrogen (secondary N) is 2. The van der Waals surface area contributed by atoms with Gasteiger partial charge in [0.1, 0.15) is 5.69 Å². The first-order valence-electron chi connectivity index (χ1n) is 10.8. The molecule has 2 aromatic carbocycles. The highest BCUT2D eigenvalue weighted by molar-refractivity contribution is 7.80. The lowest BCUT2D eigenvalue weighted by atomic mass is 10.1. The highest BCUT2D eigenvalue weighted by Crippen LogP contribution is 2.38. The van der Waals surface area contributed by atoms with Crippen LogP contribution in [-0.2, 0) is 4.79 Å². The average molecular weight is 473 g/mol. The van der Waals surface area contributed by atoms with Gasteiger partial charge in [-0.3, -0.25) is 4.79 Å². The molecule has 0 radical (unpaired) electrons. The Balaban J connectivity index is 1.74. The van der Waals surface area contributed by atoms with Crippen molar-refractivity contribution in [2.24, 2.45) is 0 Å². The maximum absolute atomic E-state index is 12.2. The second kappa shape index (κ2) is 12.8. The highest BCUT2D eigenvalue weighted by atomic mass is 32.1. The van der Waals surface area contributed by atoms with Gasteiger partial charge in [-0.05, 0) is 48.7 Å². The summed E-state index contributed by atoms with van der Waals surface area (Å²) in [7, 11) is 8.79. The number of rotatable bonds is 11. The zero-order valence-electron chi connectivity index (χ0n) is 20.0. The van der Waals surface area contributed by atoms with Crippen LogP contribution < -0.4 is 29.3 Å². The zero-order chi connectivity index (χ0) is 24.3. The van der Waals surface area contributed by atoms with Gasteiger partial charge in [-0.25, -0.2) is 4.48 Å². The van der Waals surface area contributed by atoms with E-state index in [4.69, 9.17) is 26.4 Å². The molecule has 0 bridgehead atoms. The van der Waals surface area contributed by atoms with E-state index < -0.39 is 0 Å². The number of quaternary nitrogens is 1. The van der Waals surface area contributed by atoms with Crippen LogP contribution in [0, 0.1) is 0 Å². The van der Waals surface area contributed by atoms with Gasteiger partial charge in [-0.15, -0.1) is 0 Å². The second-order valence-corrected chi connectivity index (χ2v) is 8.20. The molecule has 0 saturated heterocycles. The number of hydrogen-bond donors (Lipinski definition) is 2. The van der Waals surface area contributed by atoms with E-state index in [2.05, 4.69) is 36.9 Å². The number of methoxy groups -OCH3 is 3. The lowest BCUT2D eigenvalue weighted by Gasteiger charge is -2.29. The molecule has 0 spiro atoms. The molecule has 0 aromatic heterocycles. The van der Waals surface area contributed by atoms with E-state index in [0.717, 1.165) is 35.7 Å². The third-order valence-electron chi connectivity index (χ3n) is 5.20. The van der Waals surface area contributed by atoms with E-state index in [1.807, 2.05) is 18.2 Å². The molecule has 0 aliphatic rings. The molecule has 1 amide bonds. The third-order valence-corrected chi connectivity index (χ3v) is 5.80. The molecular formula is C25H34N3O4S+. The zero-order valence-corrected chi connectivity index (χ0v) is 20.8. The van der Waals surface area contributed by atoms with E-state index >= 15 is 0 Å². The Morgan fingerprint density at radius 1 is 0.939 bits per heavy atom. The van der Waals surface area contributed by atoms with Gasteiger partial charge in [0, 0.05) is 31.4 Å². The third kappa shape index (κ3) is 7.47. The van der Waals surface area contributed by atoms with Crippen LogP contribution in [0.1, 0.15) is 18.4 Å². The largest absolute Gasteiger partial charge is 0.493 e. The molecule has 0 saturated carbocycles. The minimum absolute atomic E-state index is 0.158. The number of nitrogens with zero attached hydrogens (tertiary/aromatic N) is 1. The van der Waals surface area contributed by atoms with Crippen molar-refractivity contribution >= 4 is 35.0 Å². The minimum atomic E-state index is -0.158. The first-order chi connectivity index (χ1) is 15.8. The Kier molecular flexibility index (Phi) is 10.2. The van der Waals surface area contributed by atoms with Crippen LogP contribution in [0.5, 0.6) is 17.2 Å². The smallest absolute Gasteiger partial charge is 0.274 e. The predicted octanol–water partition coefficient (Wildman–Crippen LogP) is 3.76. The maximum Gasteiger partial charge on any atom is 0.274 e. The average Bonchev–Trinajstić information content (AvgIpc) is 2.84. The molecule has 0 heterocycles. The van der Waals surface area contributed by atoms with Crippen molar-refractivity contribution in [3.63, 3.8) is 0 Å². The summed E-state index contributed by atoms with van der Waals surface area (Å²) in [5.74, 6) is 1.43. The van der Waals surface area contributed by atoms with Gasteiger partial charge in [0.15, 0.2) is 11.5 Å². The number of thiocarbonyl (C=S) groups is 1. The SMILES string of the molecule is COc1cc(/C=C/C(=O)NCCCCNC(=S)[N+](C)(C)c2ccccc2)cc(OC)c1OC. The number of para-hydroxylation sites is 1. The number of carbonyl (C=O) groups is 1. The number of ether oxygens (including phenoxy) is 3. The van der Waals surface area contributed by atoms with Gasteiger partial charge in [-0.1, -0.05) is 18.2 Å². The van der Waals surface area contributed by atoms with Crippen molar-refractivity contribution in [2.75, 3.05) is 48.5 Å². The number of benzene rings is 2. The van der Waals surface area contributed by atoms with Crippen molar-refractivity contribution in [3.05, 3.63) is 54.1 Å². The quantitative estimate of drug-likeness (QED) is 0.225. The number of unbranched alkanes of at least 4 members (excludes halogenated alkanes) is 1. The summed E-state index contributed by atoms with van der Waals surface area (Å²) in [5, 5.41) is 6.99. The summed E-state index contributed by atoms with van der Waals surface area (Å²) in [5.41, 5.74) is 1.90. The van der Waals surface area contributed by atoms with Gasteiger partial charge >= 0.3 is 0 Å². The number of hydrogen-bond acceptors (Lipinski definition) is 5. The summed E-state index contributed by atoms with van der Waals surface area (Å²) in [6.45, 7) is 1.34. The lowest BCUT2D eigenvalue weighted by molar-refractivity contribution is -0.116. The first-order valence-corrected chi connectivity index (χ1v) is 11.2. The lowest BCUT2D eigenvalue weighted by Crippen LogP contribution is -2.52. The molecule has 0 atom stereocenters. The van der Waals surface area contributed by atoms with Gasteiger partial charge in [0.05, 0.1) is 35.4 Å². The van der Waals surface area contributed by atoms with E-state index in [9.17, 15) is 4.79 Å². The van der Waals surface area contributed by atoms with Crippen LogP contribution >= 0.6 is 12.2 Å². The van der Waals surface area contributed by atoms with Crippen LogP contribution in [0.2, 0.25) is 0 Å². The summed E-state index contributed by atoms with van der Waals surface area (Å²) in [6.07, 6.45) is 4.95. The van der Waals surface area contributed by atoms with Gasteiger partial charge in [0.25, 0.3) is 5.11 Å². The number of carbonyl (C=O) groups excluding carboxylic acids is 1. The van der Waals surface area contributed by atoms with Crippen LogP contribution in [0.15, 0.2) is 48.5 Å². The molecule has 7 nitrogen and oxygen atoms in total. The molecule has 0 fully saturated rings. The molecule has 178 valence electrons. The Morgan fingerprint density at radius 3 is 2.06 bits per heavy atom. The molecule has 0 unspecified atom stereocenters. The molecule has 33 heavy (non-hydrogen) atoms. The standard InChI is InChI=1S/C25H33N3O4S/c1-28(2,20-11-7-6-8-12-20)25(33)27-16-10-9-15-26-23(29)14-13-19-17-21(30-3)24(32-5)22(18-19)31-4/h6-8,11-14,17-18H,9-10,15-16H2,1-5H3,(H-,26,27,29,33)/p+1/b14-13+. The first kappa shape index (κ1) is 26.2. The summed E-state index contributed by atoms with van der Waals surface area (Å²) >= 11 is 5.58. The van der Waals surface area contributed by atoms with Gasteiger partial charge in [0.2, 0.25) is 11.7 Å². The van der Waals surface area contributed by atoms with E-state index in [-0.39, 0.29) is 5.91 Å². The topological polar surface area (TPSA) is 68.8 Å². The molecule has 0 aliphatic carbocycles. The molecular weight excluding hydrogens is 438 g/mol. The predicted molar refractivity (Wildman–Crippen MR) is 138 cm³/mol. The maximum atomic E-state index is 12.2. The monoisotopic (exact) mass is 472 g/mol. The fourth-order valence-corrected chi connectivity index (χ4v) is 3.41. The van der Waals surface area contributed by atoms with Crippen molar-refractivity contribution in [3.8, 4) is 17.2 Å². The van der Waals surface area contributed by atoms with Gasteiger partial charge < -0.3 is 24.8 Å². The normalized spacial score (nSPS) is 11.2. The molecule has 2 aromatic rings. The van der Waals surface area contributed by atoms with Crippen LogP contribution in [-0.4, -0.2) is 59.5 Å². The summed E-state index contributed by atoms with van der Waals surface area (Å²) in [4.78, 5) is 12.2. The van der Waals surface area contributed by atoms with E-state index in [1.165, 1.54) is 6.08 Å². The Morgan fingerprint density at radius 2 is 1.52 bits per heavy atom. The molecule has 2 N–H and O–H groups in total. The van der Waals surface area contributed by atoms with Crippen molar-refractivity contribution < 1.29 is 19.0 Å². The minimum Gasteiger partial charge on any atom is -0.493 e. The molecule has 0 aliphatic heterocycles. The highest BCUT2D eigenvalue weighted by Gasteiger charge is 2.24. The van der Waals surface area contributed by atoms with E-state index in [0.29, 0.717) is 28.3 Å². The van der Waals surface area contributed by atoms with Crippen LogP contribution in [0.25, 0.3) is 6.08 Å². The van der Waals surface area contributed by atoms with Gasteiger partial charge in [-0.2, -0.15) is 0 Å². The van der Waals surface area contributed by atoms with Crippen LogP contribution in [0.4, 0.5) is 5.69 Å². The molecule has 2 rings (SSSR count). The van der Waals surface area contributed by atoms with Crippen molar-refractivity contribution in [2.45, 2.75) is 12.8 Å². The Hall–Kier alpha value is -3.10. The summed E-state index contributed by atoms with van der Waals surface area (Å²) < 4.78 is 16.5. The fourth-order valence-electron chi connectivity index (χ4n) is 3.20. The van der Waals surface area contributed by atoms with Crippen molar-refractivity contribution in [1.82, 2.24) is 15.1 Å². The van der Waals surface area contributed by atoms with Crippen LogP contribution in [0.3, 0.4) is 0 Å². The number of amides is 1. The second-order valence-electron chi connectivity index (χ2n) is 7.81.